The van der Waals surface area contributed by atoms with Crippen LogP contribution in [0.1, 0.15) is 17.2 Å². The van der Waals surface area contributed by atoms with E-state index in [9.17, 15) is 8.78 Å². The Morgan fingerprint density at radius 2 is 1.27 bits per heavy atom. The molecule has 1 aliphatic heterocycles. The van der Waals surface area contributed by atoms with Crippen LogP contribution >= 0.6 is 12.2 Å². The molecule has 0 amide bonds. The molecule has 0 bridgehead atoms. The Morgan fingerprint density at radius 1 is 0.767 bits per heavy atom. The molecule has 3 aromatic rings. The number of nitrogens with zero attached hydrogens (tertiary/aromatic N) is 2. The van der Waals surface area contributed by atoms with Gasteiger partial charge in [0.15, 0.2) is 5.11 Å². The molecule has 1 saturated heterocycles. The predicted octanol–water partition coefficient (Wildman–Crippen LogP) is 5.07. The highest BCUT2D eigenvalue weighted by Gasteiger charge is 2.27. The summed E-state index contributed by atoms with van der Waals surface area (Å²) in [7, 11) is 0. The molecule has 0 aromatic heterocycles. The molecular weight excluding hydrogens is 400 g/mol. The Hall–Kier alpha value is -2.83. The Bertz CT molecular complexity index is 930. The first kappa shape index (κ1) is 20.4. The first-order valence-electron chi connectivity index (χ1n) is 9.96. The minimum Gasteiger partial charge on any atom is -0.346 e. The molecule has 1 heterocycles. The zero-order valence-corrected chi connectivity index (χ0v) is 17.3. The third-order valence-electron chi connectivity index (χ3n) is 5.31. The fraction of sp³-hybridized carbons (Fsp3) is 0.208. The van der Waals surface area contributed by atoms with Crippen molar-refractivity contribution in [2.75, 3.05) is 31.5 Å². The summed E-state index contributed by atoms with van der Waals surface area (Å²) in [5, 5.41) is 3.44. The number of benzene rings is 3. The molecule has 1 N–H and O–H groups in total. The van der Waals surface area contributed by atoms with Gasteiger partial charge in [0.2, 0.25) is 0 Å². The lowest BCUT2D eigenvalue weighted by molar-refractivity contribution is 0.151. The van der Waals surface area contributed by atoms with Gasteiger partial charge < -0.3 is 10.2 Å². The first-order valence-corrected chi connectivity index (χ1v) is 10.4. The second-order valence-electron chi connectivity index (χ2n) is 7.34. The summed E-state index contributed by atoms with van der Waals surface area (Å²) in [4.78, 5) is 4.49. The molecule has 0 saturated carbocycles. The average molecular weight is 424 g/mol. The highest BCUT2D eigenvalue weighted by Crippen LogP contribution is 2.29. The molecule has 1 aliphatic rings. The number of anilines is 1. The SMILES string of the molecule is Fc1cc(F)cc(NC(=S)N2CCN(C(c3ccccc3)c3ccccc3)CC2)c1. The van der Waals surface area contributed by atoms with Crippen LogP contribution in [0.5, 0.6) is 0 Å². The Balaban J connectivity index is 1.45. The first-order chi connectivity index (χ1) is 14.6. The summed E-state index contributed by atoms with van der Waals surface area (Å²) in [6.45, 7) is 3.13. The lowest BCUT2D eigenvalue weighted by Crippen LogP contribution is -2.51. The van der Waals surface area contributed by atoms with Crippen LogP contribution in [0.2, 0.25) is 0 Å². The van der Waals surface area contributed by atoms with Gasteiger partial charge in [-0.2, -0.15) is 0 Å². The van der Waals surface area contributed by atoms with Gasteiger partial charge in [0.1, 0.15) is 11.6 Å². The van der Waals surface area contributed by atoms with E-state index in [-0.39, 0.29) is 6.04 Å². The van der Waals surface area contributed by atoms with Crippen molar-refractivity contribution in [2.24, 2.45) is 0 Å². The topological polar surface area (TPSA) is 18.5 Å². The van der Waals surface area contributed by atoms with E-state index in [4.69, 9.17) is 12.2 Å². The van der Waals surface area contributed by atoms with Gasteiger partial charge in [-0.05, 0) is 35.5 Å². The molecule has 0 spiro atoms. The van der Waals surface area contributed by atoms with Gasteiger partial charge in [-0.1, -0.05) is 60.7 Å². The number of piperazine rings is 1. The van der Waals surface area contributed by atoms with Crippen molar-refractivity contribution in [3.8, 4) is 0 Å². The van der Waals surface area contributed by atoms with Crippen LogP contribution in [0.25, 0.3) is 0 Å². The molecule has 154 valence electrons. The van der Waals surface area contributed by atoms with E-state index in [1.165, 1.54) is 23.3 Å². The third kappa shape index (κ3) is 4.83. The van der Waals surface area contributed by atoms with Crippen molar-refractivity contribution in [1.29, 1.82) is 0 Å². The zero-order valence-electron chi connectivity index (χ0n) is 16.5. The van der Waals surface area contributed by atoms with Gasteiger partial charge in [-0.15, -0.1) is 0 Å². The standard InChI is InChI=1S/C24H23F2N3S/c25-20-15-21(26)17-22(16-20)27-24(30)29-13-11-28(12-14-29)23(18-7-3-1-4-8-18)19-9-5-2-6-10-19/h1-10,15-17,23H,11-14H2,(H,27,30). The molecule has 1 fully saturated rings. The lowest BCUT2D eigenvalue weighted by Gasteiger charge is -2.40. The Labute approximate surface area is 180 Å². The van der Waals surface area contributed by atoms with Crippen LogP contribution in [-0.2, 0) is 0 Å². The van der Waals surface area contributed by atoms with Crippen molar-refractivity contribution in [3.63, 3.8) is 0 Å². The van der Waals surface area contributed by atoms with E-state index in [2.05, 4.69) is 58.7 Å². The minimum atomic E-state index is -0.626. The molecule has 0 atom stereocenters. The quantitative estimate of drug-likeness (QED) is 0.591. The summed E-state index contributed by atoms with van der Waals surface area (Å²) in [6.07, 6.45) is 0. The molecule has 3 nitrogen and oxygen atoms in total. The number of rotatable bonds is 4. The Morgan fingerprint density at radius 3 is 1.77 bits per heavy atom. The normalized spacial score (nSPS) is 14.7. The van der Waals surface area contributed by atoms with Gasteiger partial charge >= 0.3 is 0 Å². The van der Waals surface area contributed by atoms with Crippen LogP contribution in [-0.4, -0.2) is 41.1 Å². The molecule has 0 radical (unpaired) electrons. The molecular formula is C24H23F2N3S. The van der Waals surface area contributed by atoms with Crippen molar-refractivity contribution < 1.29 is 8.78 Å². The Kier molecular flexibility index (Phi) is 6.35. The van der Waals surface area contributed by atoms with E-state index in [0.717, 1.165) is 32.2 Å². The van der Waals surface area contributed by atoms with Gasteiger partial charge in [0.25, 0.3) is 0 Å². The molecule has 6 heteroatoms. The second-order valence-corrected chi connectivity index (χ2v) is 7.72. The molecule has 0 aliphatic carbocycles. The monoisotopic (exact) mass is 423 g/mol. The van der Waals surface area contributed by atoms with E-state index in [0.29, 0.717) is 10.8 Å². The molecule has 30 heavy (non-hydrogen) atoms. The summed E-state index contributed by atoms with van der Waals surface area (Å²) in [5.41, 5.74) is 2.84. The third-order valence-corrected chi connectivity index (χ3v) is 5.67. The summed E-state index contributed by atoms with van der Waals surface area (Å²) >= 11 is 5.49. The maximum absolute atomic E-state index is 13.4. The van der Waals surface area contributed by atoms with Crippen LogP contribution in [0.3, 0.4) is 0 Å². The van der Waals surface area contributed by atoms with Crippen molar-refractivity contribution in [3.05, 3.63) is 102 Å². The number of halogens is 2. The average Bonchev–Trinajstić information content (AvgIpc) is 2.75. The minimum absolute atomic E-state index is 0.174. The van der Waals surface area contributed by atoms with E-state index >= 15 is 0 Å². The maximum Gasteiger partial charge on any atom is 0.173 e. The summed E-state index contributed by atoms with van der Waals surface area (Å²) in [6, 6.07) is 24.5. The molecule has 4 rings (SSSR count). The largest absolute Gasteiger partial charge is 0.346 e. The highest BCUT2D eigenvalue weighted by molar-refractivity contribution is 7.80. The lowest BCUT2D eigenvalue weighted by atomic mass is 9.96. The fourth-order valence-electron chi connectivity index (χ4n) is 3.90. The summed E-state index contributed by atoms with van der Waals surface area (Å²) < 4.78 is 26.9. The van der Waals surface area contributed by atoms with Gasteiger partial charge in [0.05, 0.1) is 6.04 Å². The number of hydrogen-bond acceptors (Lipinski definition) is 2. The van der Waals surface area contributed by atoms with Crippen molar-refractivity contribution in [1.82, 2.24) is 9.80 Å². The van der Waals surface area contributed by atoms with E-state index < -0.39 is 11.6 Å². The fourth-order valence-corrected chi connectivity index (χ4v) is 4.20. The van der Waals surface area contributed by atoms with Crippen LogP contribution in [0, 0.1) is 11.6 Å². The maximum atomic E-state index is 13.4. The zero-order chi connectivity index (χ0) is 20.9. The van der Waals surface area contributed by atoms with Crippen LogP contribution in [0.4, 0.5) is 14.5 Å². The van der Waals surface area contributed by atoms with E-state index in [1.54, 1.807) is 0 Å². The molecule has 0 unspecified atom stereocenters. The predicted molar refractivity (Wildman–Crippen MR) is 120 cm³/mol. The van der Waals surface area contributed by atoms with E-state index in [1.807, 2.05) is 17.0 Å². The second kappa shape index (κ2) is 9.32. The van der Waals surface area contributed by atoms with Crippen molar-refractivity contribution in [2.45, 2.75) is 6.04 Å². The molecule has 3 aromatic carbocycles. The van der Waals surface area contributed by atoms with Crippen LogP contribution < -0.4 is 5.32 Å². The number of hydrogen-bond donors (Lipinski definition) is 1. The number of nitrogens with one attached hydrogen (secondary N) is 1. The van der Waals surface area contributed by atoms with Gasteiger partial charge in [-0.3, -0.25) is 4.90 Å². The summed E-state index contributed by atoms with van der Waals surface area (Å²) in [5.74, 6) is -1.25. The van der Waals surface area contributed by atoms with Crippen molar-refractivity contribution >= 4 is 23.0 Å². The number of thiocarbonyl (C=S) groups is 1. The smallest absolute Gasteiger partial charge is 0.173 e. The van der Waals surface area contributed by atoms with Gasteiger partial charge in [-0.25, -0.2) is 8.78 Å². The van der Waals surface area contributed by atoms with Gasteiger partial charge in [0, 0.05) is 37.9 Å². The van der Waals surface area contributed by atoms with Crippen LogP contribution in [0.15, 0.2) is 78.9 Å². The highest BCUT2D eigenvalue weighted by atomic mass is 32.1.